The van der Waals surface area contributed by atoms with Crippen molar-refractivity contribution >= 4 is 0 Å². The fraction of sp³-hybridized carbons (Fsp3) is 0.667. The fourth-order valence-corrected chi connectivity index (χ4v) is 1.99. The summed E-state index contributed by atoms with van der Waals surface area (Å²) < 4.78 is 0. The standard InChI is InChI=1S/C8H17N.C4H5N/c9-7-6-8-4-2-1-3-5-8;1-2-4-5-3-1/h8H,1-7,9H2;1-5H. The summed E-state index contributed by atoms with van der Waals surface area (Å²) in [5.41, 5.74) is 5.46. The maximum atomic E-state index is 5.46. The molecule has 0 saturated heterocycles. The molecular weight excluding hydrogens is 172 g/mol. The molecule has 1 heterocycles. The Morgan fingerprint density at radius 2 is 1.71 bits per heavy atom. The lowest BCUT2D eigenvalue weighted by atomic mass is 9.87. The molecular formula is C12H22N2. The zero-order chi connectivity index (χ0) is 10.1. The highest BCUT2D eigenvalue weighted by atomic mass is 14.6. The van der Waals surface area contributed by atoms with Crippen LogP contribution < -0.4 is 5.73 Å². The summed E-state index contributed by atoms with van der Waals surface area (Å²) in [5.74, 6) is 0.976. The SMILES string of the molecule is NCCC1CCCCC1.c1cc[nH]c1. The summed E-state index contributed by atoms with van der Waals surface area (Å²) in [6, 6.07) is 3.89. The largest absolute Gasteiger partial charge is 0.368 e. The first-order valence-electron chi connectivity index (χ1n) is 5.71. The highest BCUT2D eigenvalue weighted by Crippen LogP contribution is 2.25. The molecule has 0 aromatic carbocycles. The first-order valence-corrected chi connectivity index (χ1v) is 5.71. The fourth-order valence-electron chi connectivity index (χ4n) is 1.99. The van der Waals surface area contributed by atoms with Crippen LogP contribution in [0.4, 0.5) is 0 Å². The number of nitrogens with two attached hydrogens (primary N) is 1. The molecule has 1 saturated carbocycles. The highest BCUT2D eigenvalue weighted by Gasteiger charge is 2.11. The summed E-state index contributed by atoms with van der Waals surface area (Å²) in [6.07, 6.45) is 12.3. The van der Waals surface area contributed by atoms with Gasteiger partial charge in [0, 0.05) is 12.4 Å². The zero-order valence-corrected chi connectivity index (χ0v) is 8.91. The molecule has 2 nitrogen and oxygen atoms in total. The molecule has 0 bridgehead atoms. The second-order valence-electron chi connectivity index (χ2n) is 3.97. The van der Waals surface area contributed by atoms with E-state index in [4.69, 9.17) is 5.73 Å². The number of hydrogen-bond acceptors (Lipinski definition) is 1. The van der Waals surface area contributed by atoms with Crippen LogP contribution in [0, 0.1) is 5.92 Å². The van der Waals surface area contributed by atoms with Crippen molar-refractivity contribution in [3.05, 3.63) is 24.5 Å². The normalized spacial score (nSPS) is 17.2. The molecule has 0 spiro atoms. The average Bonchev–Trinajstić information content (AvgIpc) is 2.78. The highest BCUT2D eigenvalue weighted by molar-refractivity contribution is 4.84. The number of aromatic amines is 1. The Hall–Kier alpha value is -0.760. The quantitative estimate of drug-likeness (QED) is 0.746. The maximum absolute atomic E-state index is 5.46. The Balaban J connectivity index is 0.000000165. The van der Waals surface area contributed by atoms with Gasteiger partial charge in [0.2, 0.25) is 0 Å². The van der Waals surface area contributed by atoms with E-state index in [1.165, 1.54) is 38.5 Å². The molecule has 14 heavy (non-hydrogen) atoms. The zero-order valence-electron chi connectivity index (χ0n) is 8.91. The van der Waals surface area contributed by atoms with Crippen LogP contribution in [-0.4, -0.2) is 11.5 Å². The Kier molecular flexibility index (Phi) is 6.16. The van der Waals surface area contributed by atoms with Crippen molar-refractivity contribution in [1.82, 2.24) is 4.98 Å². The van der Waals surface area contributed by atoms with Gasteiger partial charge < -0.3 is 10.7 Å². The minimum Gasteiger partial charge on any atom is -0.368 e. The summed E-state index contributed by atoms with van der Waals surface area (Å²) in [5, 5.41) is 0. The van der Waals surface area contributed by atoms with Crippen molar-refractivity contribution in [3.8, 4) is 0 Å². The van der Waals surface area contributed by atoms with Gasteiger partial charge in [-0.25, -0.2) is 0 Å². The lowest BCUT2D eigenvalue weighted by molar-refractivity contribution is 0.343. The lowest BCUT2D eigenvalue weighted by Crippen LogP contribution is -2.11. The molecule has 1 fully saturated rings. The van der Waals surface area contributed by atoms with Crippen LogP contribution in [0.1, 0.15) is 38.5 Å². The summed E-state index contributed by atoms with van der Waals surface area (Å²) in [7, 11) is 0. The minimum absolute atomic E-state index is 0.894. The first kappa shape index (κ1) is 11.3. The van der Waals surface area contributed by atoms with Crippen LogP contribution in [0.2, 0.25) is 0 Å². The van der Waals surface area contributed by atoms with Gasteiger partial charge in [0.15, 0.2) is 0 Å². The van der Waals surface area contributed by atoms with Gasteiger partial charge in [-0.1, -0.05) is 32.1 Å². The van der Waals surface area contributed by atoms with Crippen LogP contribution in [0.15, 0.2) is 24.5 Å². The Morgan fingerprint density at radius 1 is 1.07 bits per heavy atom. The van der Waals surface area contributed by atoms with Crippen LogP contribution in [-0.2, 0) is 0 Å². The van der Waals surface area contributed by atoms with Crippen molar-refractivity contribution in [2.24, 2.45) is 11.7 Å². The van der Waals surface area contributed by atoms with Gasteiger partial charge >= 0.3 is 0 Å². The van der Waals surface area contributed by atoms with Crippen molar-refractivity contribution < 1.29 is 0 Å². The Labute approximate surface area is 86.9 Å². The molecule has 2 rings (SSSR count). The molecule has 0 unspecified atom stereocenters. The maximum Gasteiger partial charge on any atom is 0.000496 e. The molecule has 1 aromatic heterocycles. The van der Waals surface area contributed by atoms with Crippen LogP contribution >= 0.6 is 0 Å². The van der Waals surface area contributed by atoms with Gasteiger partial charge in [-0.3, -0.25) is 0 Å². The van der Waals surface area contributed by atoms with E-state index in [1.54, 1.807) is 0 Å². The summed E-state index contributed by atoms with van der Waals surface area (Å²) in [6.45, 7) is 0.894. The smallest absolute Gasteiger partial charge is 0.000496 e. The van der Waals surface area contributed by atoms with Gasteiger partial charge in [0.1, 0.15) is 0 Å². The van der Waals surface area contributed by atoms with E-state index in [2.05, 4.69) is 4.98 Å². The molecule has 0 aliphatic heterocycles. The predicted octanol–water partition coefficient (Wildman–Crippen LogP) is 2.93. The molecule has 1 aliphatic carbocycles. The average molecular weight is 194 g/mol. The predicted molar refractivity (Wildman–Crippen MR) is 61.0 cm³/mol. The number of aromatic nitrogens is 1. The molecule has 1 aromatic rings. The van der Waals surface area contributed by atoms with E-state index in [-0.39, 0.29) is 0 Å². The van der Waals surface area contributed by atoms with Gasteiger partial charge in [-0.2, -0.15) is 0 Å². The number of H-pyrrole nitrogens is 1. The minimum atomic E-state index is 0.894. The number of hydrogen-bond donors (Lipinski definition) is 2. The van der Waals surface area contributed by atoms with Crippen molar-refractivity contribution in [1.29, 1.82) is 0 Å². The molecule has 80 valence electrons. The first-order chi connectivity index (χ1) is 6.93. The van der Waals surface area contributed by atoms with Gasteiger partial charge in [-0.05, 0) is 31.0 Å². The van der Waals surface area contributed by atoms with Crippen LogP contribution in [0.5, 0.6) is 0 Å². The van der Waals surface area contributed by atoms with E-state index in [1.807, 2.05) is 24.5 Å². The van der Waals surface area contributed by atoms with Gasteiger partial charge in [-0.15, -0.1) is 0 Å². The molecule has 0 amide bonds. The van der Waals surface area contributed by atoms with Crippen LogP contribution in [0.3, 0.4) is 0 Å². The van der Waals surface area contributed by atoms with Gasteiger partial charge in [0.05, 0.1) is 0 Å². The number of nitrogens with one attached hydrogen (secondary N) is 1. The second-order valence-corrected chi connectivity index (χ2v) is 3.97. The van der Waals surface area contributed by atoms with Gasteiger partial charge in [0.25, 0.3) is 0 Å². The van der Waals surface area contributed by atoms with Crippen molar-refractivity contribution in [2.45, 2.75) is 38.5 Å². The molecule has 3 N–H and O–H groups in total. The van der Waals surface area contributed by atoms with E-state index >= 15 is 0 Å². The topological polar surface area (TPSA) is 41.8 Å². The molecule has 0 atom stereocenters. The Morgan fingerprint density at radius 3 is 2.14 bits per heavy atom. The van der Waals surface area contributed by atoms with Crippen molar-refractivity contribution in [2.75, 3.05) is 6.54 Å². The lowest BCUT2D eigenvalue weighted by Gasteiger charge is -2.20. The van der Waals surface area contributed by atoms with E-state index in [0.29, 0.717) is 0 Å². The number of rotatable bonds is 2. The Bertz CT molecular complexity index is 168. The summed E-state index contributed by atoms with van der Waals surface area (Å²) >= 11 is 0. The molecule has 2 heteroatoms. The van der Waals surface area contributed by atoms with E-state index in [9.17, 15) is 0 Å². The second kappa shape index (κ2) is 7.63. The van der Waals surface area contributed by atoms with Crippen molar-refractivity contribution in [3.63, 3.8) is 0 Å². The third kappa shape index (κ3) is 5.07. The molecule has 1 aliphatic rings. The third-order valence-corrected chi connectivity index (χ3v) is 2.80. The summed E-state index contributed by atoms with van der Waals surface area (Å²) in [4.78, 5) is 2.86. The van der Waals surface area contributed by atoms with E-state index < -0.39 is 0 Å². The third-order valence-electron chi connectivity index (χ3n) is 2.80. The van der Waals surface area contributed by atoms with Crippen LogP contribution in [0.25, 0.3) is 0 Å². The molecule has 0 radical (unpaired) electrons. The van der Waals surface area contributed by atoms with E-state index in [0.717, 1.165) is 12.5 Å². The monoisotopic (exact) mass is 194 g/mol.